The van der Waals surface area contributed by atoms with Gasteiger partial charge < -0.3 is 14.7 Å². The lowest BCUT2D eigenvalue weighted by Gasteiger charge is -2.39. The van der Waals surface area contributed by atoms with Gasteiger partial charge in [0.15, 0.2) is 0 Å². The number of nitrogens with zero attached hydrogens (tertiary/aromatic N) is 4. The van der Waals surface area contributed by atoms with E-state index in [2.05, 4.69) is 33.0 Å². The quantitative estimate of drug-likeness (QED) is 0.534. The molecule has 0 saturated carbocycles. The first-order chi connectivity index (χ1) is 17.8. The lowest BCUT2D eigenvalue weighted by Crippen LogP contribution is -2.53. The lowest BCUT2D eigenvalue weighted by molar-refractivity contribution is -0.137. The van der Waals surface area contributed by atoms with Crippen molar-refractivity contribution in [3.05, 3.63) is 52.5 Å². The highest BCUT2D eigenvalue weighted by Gasteiger charge is 2.39. The molecule has 1 atom stereocenters. The predicted molar refractivity (Wildman–Crippen MR) is 147 cm³/mol. The van der Waals surface area contributed by atoms with Gasteiger partial charge in [-0.05, 0) is 49.1 Å². The number of hydrogen-bond donors (Lipinski definition) is 0. The number of amides is 2. The van der Waals surface area contributed by atoms with E-state index in [4.69, 9.17) is 0 Å². The van der Waals surface area contributed by atoms with Crippen LogP contribution in [0.3, 0.4) is 0 Å². The van der Waals surface area contributed by atoms with E-state index >= 15 is 0 Å². The molecule has 0 radical (unpaired) electrons. The third-order valence-electron chi connectivity index (χ3n) is 7.66. The second-order valence-corrected chi connectivity index (χ2v) is 12.7. The topological polar surface area (TPSA) is 81.2 Å². The average molecular weight is 590 g/mol. The van der Waals surface area contributed by atoms with Crippen molar-refractivity contribution < 1.29 is 18.0 Å². The average Bonchev–Trinajstić information content (AvgIpc) is 3.36. The van der Waals surface area contributed by atoms with Crippen LogP contribution in [-0.2, 0) is 26.0 Å². The maximum Gasteiger partial charge on any atom is 0.245 e. The van der Waals surface area contributed by atoms with Gasteiger partial charge in [0.25, 0.3) is 0 Å². The molecule has 0 bridgehead atoms. The molecule has 2 aromatic carbocycles. The zero-order valence-electron chi connectivity index (χ0n) is 21.1. The number of rotatable bonds is 5. The van der Waals surface area contributed by atoms with Gasteiger partial charge in [-0.25, -0.2) is 8.42 Å². The van der Waals surface area contributed by atoms with E-state index in [1.807, 2.05) is 29.2 Å². The Morgan fingerprint density at radius 1 is 1.00 bits per heavy atom. The van der Waals surface area contributed by atoms with Gasteiger partial charge in [-0.15, -0.1) is 0 Å². The Morgan fingerprint density at radius 2 is 1.73 bits per heavy atom. The van der Waals surface area contributed by atoms with Crippen LogP contribution in [0.2, 0.25) is 0 Å². The highest BCUT2D eigenvalue weighted by molar-refractivity contribution is 9.10. The van der Waals surface area contributed by atoms with Crippen LogP contribution in [0.1, 0.15) is 31.7 Å². The first-order valence-electron chi connectivity index (χ1n) is 13.0. The molecule has 2 fully saturated rings. The number of fused-ring (bicyclic) bond motifs is 1. The summed E-state index contributed by atoms with van der Waals surface area (Å²) in [5.41, 5.74) is 2.51. The third-order valence-corrected chi connectivity index (χ3v) is 10.00. The van der Waals surface area contributed by atoms with E-state index < -0.39 is 10.0 Å². The van der Waals surface area contributed by atoms with Gasteiger partial charge in [0.2, 0.25) is 21.8 Å². The number of carbonyl (C=O) groups excluding carboxylic acids is 2. The van der Waals surface area contributed by atoms with Crippen LogP contribution in [-0.4, -0.2) is 75.3 Å². The van der Waals surface area contributed by atoms with E-state index in [0.29, 0.717) is 62.0 Å². The second kappa shape index (κ2) is 10.7. The fourth-order valence-corrected chi connectivity index (χ4v) is 8.13. The molecule has 2 amide bonds. The van der Waals surface area contributed by atoms with Crippen LogP contribution in [0.25, 0.3) is 0 Å². The molecule has 3 aliphatic rings. The standard InChI is InChI=1S/C27H33BrN4O4S/c1-2-25(33)32-12-10-20-17-22(28)18-24(26(20)32)37(35,36)31-11-6-7-21(19-31)27(34)30-15-13-29(14-16-30)23-8-4-3-5-9-23/h3-5,8-9,17-18,21H,2,6-7,10-16,19H2,1H3/t21-/m0/s1. The van der Waals surface area contributed by atoms with Crippen LogP contribution in [0.15, 0.2) is 51.8 Å². The minimum Gasteiger partial charge on any atom is -0.368 e. The van der Waals surface area contributed by atoms with E-state index in [1.165, 1.54) is 4.31 Å². The summed E-state index contributed by atoms with van der Waals surface area (Å²) >= 11 is 3.46. The molecule has 198 valence electrons. The Kier molecular flexibility index (Phi) is 7.60. The molecular formula is C27H33BrN4O4S. The van der Waals surface area contributed by atoms with E-state index in [1.54, 1.807) is 17.9 Å². The van der Waals surface area contributed by atoms with Crippen molar-refractivity contribution in [2.75, 3.05) is 55.6 Å². The van der Waals surface area contributed by atoms with Gasteiger partial charge in [0.1, 0.15) is 4.90 Å². The molecule has 0 aromatic heterocycles. The van der Waals surface area contributed by atoms with Crippen LogP contribution < -0.4 is 9.80 Å². The number of para-hydroxylation sites is 1. The van der Waals surface area contributed by atoms with Gasteiger partial charge in [0, 0.05) is 62.4 Å². The number of piperazine rings is 1. The number of anilines is 2. The van der Waals surface area contributed by atoms with E-state index in [0.717, 1.165) is 24.3 Å². The smallest absolute Gasteiger partial charge is 0.245 e. The highest BCUT2D eigenvalue weighted by atomic mass is 79.9. The molecule has 37 heavy (non-hydrogen) atoms. The first kappa shape index (κ1) is 26.2. The number of piperidine rings is 1. The molecule has 8 nitrogen and oxygen atoms in total. The summed E-state index contributed by atoms with van der Waals surface area (Å²) in [6, 6.07) is 13.7. The molecule has 3 heterocycles. The van der Waals surface area contributed by atoms with Crippen LogP contribution in [0, 0.1) is 5.92 Å². The fraction of sp³-hybridized carbons (Fsp3) is 0.481. The summed E-state index contributed by atoms with van der Waals surface area (Å²) in [5.74, 6) is -0.408. The number of benzene rings is 2. The molecule has 3 aliphatic heterocycles. The van der Waals surface area contributed by atoms with Crippen molar-refractivity contribution in [2.45, 2.75) is 37.5 Å². The lowest BCUT2D eigenvalue weighted by atomic mass is 9.97. The van der Waals surface area contributed by atoms with Crippen molar-refractivity contribution >= 4 is 49.1 Å². The number of sulfonamides is 1. The molecule has 0 aliphatic carbocycles. The SMILES string of the molecule is CCC(=O)N1CCc2cc(Br)cc(S(=O)(=O)N3CCC[C@H](C(=O)N4CCN(c5ccccc5)CC4)C3)c21. The molecule has 0 unspecified atom stereocenters. The molecule has 0 N–H and O–H groups in total. The maximum absolute atomic E-state index is 13.9. The van der Waals surface area contributed by atoms with Crippen molar-refractivity contribution in [2.24, 2.45) is 5.92 Å². The van der Waals surface area contributed by atoms with Gasteiger partial charge in [-0.2, -0.15) is 4.31 Å². The Balaban J connectivity index is 1.32. The normalized spacial score (nSPS) is 20.7. The minimum atomic E-state index is -3.90. The van der Waals surface area contributed by atoms with E-state index in [-0.39, 0.29) is 29.2 Å². The van der Waals surface area contributed by atoms with Gasteiger partial charge >= 0.3 is 0 Å². The molecule has 2 saturated heterocycles. The monoisotopic (exact) mass is 588 g/mol. The van der Waals surface area contributed by atoms with Crippen molar-refractivity contribution in [3.63, 3.8) is 0 Å². The molecule has 2 aromatic rings. The van der Waals surface area contributed by atoms with Gasteiger partial charge in [-0.1, -0.05) is 41.1 Å². The fourth-order valence-electron chi connectivity index (χ4n) is 5.69. The molecular weight excluding hydrogens is 556 g/mol. The molecule has 10 heteroatoms. The first-order valence-corrected chi connectivity index (χ1v) is 15.2. The summed E-state index contributed by atoms with van der Waals surface area (Å²) < 4.78 is 30.0. The second-order valence-electron chi connectivity index (χ2n) is 9.91. The van der Waals surface area contributed by atoms with Crippen LogP contribution in [0.4, 0.5) is 11.4 Å². The minimum absolute atomic E-state index is 0.0369. The Bertz CT molecular complexity index is 1280. The summed E-state index contributed by atoms with van der Waals surface area (Å²) in [5, 5.41) is 0. The zero-order chi connectivity index (χ0) is 26.2. The molecule has 0 spiro atoms. The summed E-state index contributed by atoms with van der Waals surface area (Å²) in [7, 11) is -3.90. The summed E-state index contributed by atoms with van der Waals surface area (Å²) in [4.78, 5) is 32.0. The van der Waals surface area contributed by atoms with Crippen molar-refractivity contribution in [1.82, 2.24) is 9.21 Å². The van der Waals surface area contributed by atoms with Crippen LogP contribution in [0.5, 0.6) is 0 Å². The highest BCUT2D eigenvalue weighted by Crippen LogP contribution is 2.40. The van der Waals surface area contributed by atoms with Gasteiger partial charge in [-0.3, -0.25) is 9.59 Å². The number of hydrogen-bond acceptors (Lipinski definition) is 5. The maximum atomic E-state index is 13.9. The van der Waals surface area contributed by atoms with Crippen LogP contribution >= 0.6 is 15.9 Å². The third kappa shape index (κ3) is 5.15. The number of carbonyl (C=O) groups is 2. The Morgan fingerprint density at radius 3 is 2.43 bits per heavy atom. The zero-order valence-corrected chi connectivity index (χ0v) is 23.5. The van der Waals surface area contributed by atoms with Gasteiger partial charge in [0.05, 0.1) is 11.6 Å². The Labute approximate surface area is 227 Å². The Hall–Kier alpha value is -2.43. The van der Waals surface area contributed by atoms with Crippen molar-refractivity contribution in [3.8, 4) is 0 Å². The predicted octanol–water partition coefficient (Wildman–Crippen LogP) is 3.50. The van der Waals surface area contributed by atoms with Crippen molar-refractivity contribution in [1.29, 1.82) is 0 Å². The largest absolute Gasteiger partial charge is 0.368 e. The summed E-state index contributed by atoms with van der Waals surface area (Å²) in [6.07, 6.45) is 2.25. The molecule has 5 rings (SSSR count). The van der Waals surface area contributed by atoms with E-state index in [9.17, 15) is 18.0 Å². The summed E-state index contributed by atoms with van der Waals surface area (Å²) in [6.45, 7) is 5.59. The number of halogens is 1.